The van der Waals surface area contributed by atoms with Crippen LogP contribution in [0.25, 0.3) is 22.0 Å². The Balaban J connectivity index is 1.82. The molecule has 4 heteroatoms. The van der Waals surface area contributed by atoms with Gasteiger partial charge in [0.2, 0.25) is 0 Å². The number of pyridine rings is 1. The third kappa shape index (κ3) is 3.38. The van der Waals surface area contributed by atoms with Crippen molar-refractivity contribution in [2.45, 2.75) is 34.0 Å². The van der Waals surface area contributed by atoms with E-state index in [-0.39, 0.29) is 0 Å². The Hall–Kier alpha value is -3.52. The van der Waals surface area contributed by atoms with Gasteiger partial charge in [-0.25, -0.2) is 0 Å². The smallest absolute Gasteiger partial charge is 0.171 e. The Bertz CT molecular complexity index is 1610. The average Bonchev–Trinajstić information content (AvgIpc) is 3.42. The Kier molecular flexibility index (Phi) is 5.63. The fraction of sp³-hybridized carbons (Fsp3) is 0.156. The molecule has 0 amide bonds. The van der Waals surface area contributed by atoms with Crippen molar-refractivity contribution in [1.29, 1.82) is 0 Å². The van der Waals surface area contributed by atoms with Crippen molar-refractivity contribution in [3.63, 3.8) is 0 Å². The van der Waals surface area contributed by atoms with E-state index in [4.69, 9.17) is 9.72 Å². The standard InChI is InChI=1S/C32H28NO2P/c1-21-11-10-12-24-17-18-33-31(29(21)24)30-22(2)27-19-35-20-28(27)23(3)32(30)36(34,25-13-6-4-7-14-25)26-15-8-5-9-16-26/h4-18H,19-20H2,1-3H3. The first-order chi connectivity index (χ1) is 17.5. The van der Waals surface area contributed by atoms with Crippen LogP contribution in [0.4, 0.5) is 0 Å². The Morgan fingerprint density at radius 2 is 1.33 bits per heavy atom. The van der Waals surface area contributed by atoms with Crippen LogP contribution in [0.2, 0.25) is 0 Å². The molecule has 1 aromatic heterocycles. The van der Waals surface area contributed by atoms with Crippen LogP contribution >= 0.6 is 7.14 Å². The van der Waals surface area contributed by atoms with E-state index in [9.17, 15) is 0 Å². The highest BCUT2D eigenvalue weighted by molar-refractivity contribution is 7.85. The number of fused-ring (bicyclic) bond motifs is 2. The normalized spacial score (nSPS) is 13.2. The average molecular weight is 490 g/mol. The molecular weight excluding hydrogens is 461 g/mol. The number of benzene rings is 4. The van der Waals surface area contributed by atoms with Gasteiger partial charge in [0.15, 0.2) is 7.14 Å². The van der Waals surface area contributed by atoms with Crippen molar-refractivity contribution in [2.75, 3.05) is 0 Å². The first-order valence-corrected chi connectivity index (χ1v) is 14.0. The summed E-state index contributed by atoms with van der Waals surface area (Å²) in [5.74, 6) is 0. The summed E-state index contributed by atoms with van der Waals surface area (Å²) in [6.07, 6.45) is 1.87. The van der Waals surface area contributed by atoms with Crippen LogP contribution in [-0.2, 0) is 22.5 Å². The molecule has 0 atom stereocenters. The molecule has 0 aliphatic carbocycles. The summed E-state index contributed by atoms with van der Waals surface area (Å²) >= 11 is 0. The third-order valence-corrected chi connectivity index (χ3v) is 10.8. The molecule has 0 radical (unpaired) electrons. The minimum Gasteiger partial charge on any atom is -0.372 e. The lowest BCUT2D eigenvalue weighted by atomic mass is 9.90. The highest BCUT2D eigenvalue weighted by Gasteiger charge is 2.38. The summed E-state index contributed by atoms with van der Waals surface area (Å²) in [6, 6.07) is 28.2. The van der Waals surface area contributed by atoms with E-state index in [0.717, 1.165) is 60.2 Å². The quantitative estimate of drug-likeness (QED) is 0.271. The van der Waals surface area contributed by atoms with Crippen molar-refractivity contribution in [3.05, 3.63) is 119 Å². The van der Waals surface area contributed by atoms with Crippen LogP contribution in [0, 0.1) is 20.8 Å². The van der Waals surface area contributed by atoms with Gasteiger partial charge in [-0.3, -0.25) is 4.98 Å². The van der Waals surface area contributed by atoms with Crippen LogP contribution in [-0.4, -0.2) is 4.98 Å². The molecule has 1 aliphatic rings. The lowest BCUT2D eigenvalue weighted by molar-refractivity contribution is 0.134. The second-order valence-electron chi connectivity index (χ2n) is 9.54. The zero-order valence-corrected chi connectivity index (χ0v) is 21.7. The first kappa shape index (κ1) is 22.9. The van der Waals surface area contributed by atoms with Crippen molar-refractivity contribution in [3.8, 4) is 11.3 Å². The van der Waals surface area contributed by atoms with Crippen LogP contribution in [0.3, 0.4) is 0 Å². The molecule has 4 aromatic carbocycles. The predicted octanol–water partition coefficient (Wildman–Crippen LogP) is 6.50. The number of aromatic nitrogens is 1. The lowest BCUT2D eigenvalue weighted by Gasteiger charge is -2.28. The SMILES string of the molecule is Cc1c2c(c(C)c(P(=O)(c3ccccc3)c3ccccc3)c1-c1nccc3cccc(C)c13)COC2. The lowest BCUT2D eigenvalue weighted by Crippen LogP contribution is -2.30. The number of hydrogen-bond acceptors (Lipinski definition) is 3. The van der Waals surface area contributed by atoms with Gasteiger partial charge in [0, 0.05) is 33.1 Å². The van der Waals surface area contributed by atoms with Gasteiger partial charge in [0.1, 0.15) is 0 Å². The van der Waals surface area contributed by atoms with E-state index in [1.165, 1.54) is 5.56 Å². The molecule has 0 unspecified atom stereocenters. The molecule has 1 aliphatic heterocycles. The van der Waals surface area contributed by atoms with Gasteiger partial charge >= 0.3 is 0 Å². The maximum Gasteiger partial charge on any atom is 0.171 e. The van der Waals surface area contributed by atoms with Gasteiger partial charge in [-0.2, -0.15) is 0 Å². The maximum atomic E-state index is 15.7. The van der Waals surface area contributed by atoms with Gasteiger partial charge < -0.3 is 9.30 Å². The van der Waals surface area contributed by atoms with E-state index in [2.05, 4.69) is 45.0 Å². The monoisotopic (exact) mass is 489 g/mol. The van der Waals surface area contributed by atoms with E-state index in [0.29, 0.717) is 13.2 Å². The molecule has 36 heavy (non-hydrogen) atoms. The molecule has 0 fully saturated rings. The molecule has 0 bridgehead atoms. The molecule has 6 rings (SSSR count). The van der Waals surface area contributed by atoms with Crippen LogP contribution in [0.5, 0.6) is 0 Å². The molecule has 5 aromatic rings. The second-order valence-corrected chi connectivity index (χ2v) is 12.2. The predicted molar refractivity (Wildman–Crippen MR) is 149 cm³/mol. The Morgan fingerprint density at radius 1 is 0.722 bits per heavy atom. The Morgan fingerprint density at radius 3 is 1.97 bits per heavy atom. The number of rotatable bonds is 4. The fourth-order valence-corrected chi connectivity index (χ4v) is 8.92. The summed E-state index contributed by atoms with van der Waals surface area (Å²) in [6.45, 7) is 7.49. The highest BCUT2D eigenvalue weighted by atomic mass is 31.2. The molecule has 178 valence electrons. The molecule has 2 heterocycles. The summed E-state index contributed by atoms with van der Waals surface area (Å²) in [5.41, 5.74) is 7.55. The van der Waals surface area contributed by atoms with Gasteiger partial charge in [0.25, 0.3) is 0 Å². The topological polar surface area (TPSA) is 39.2 Å². The molecule has 0 saturated carbocycles. The zero-order valence-electron chi connectivity index (χ0n) is 20.8. The number of hydrogen-bond donors (Lipinski definition) is 0. The van der Waals surface area contributed by atoms with E-state index in [1.807, 2.05) is 66.9 Å². The summed E-state index contributed by atoms with van der Waals surface area (Å²) < 4.78 is 21.7. The van der Waals surface area contributed by atoms with Gasteiger partial charge in [-0.15, -0.1) is 0 Å². The third-order valence-electron chi connectivity index (χ3n) is 7.52. The largest absolute Gasteiger partial charge is 0.372 e. The molecule has 0 saturated heterocycles. The van der Waals surface area contributed by atoms with Crippen molar-refractivity contribution < 1.29 is 9.30 Å². The minimum atomic E-state index is -3.26. The van der Waals surface area contributed by atoms with E-state index in [1.54, 1.807) is 0 Å². The van der Waals surface area contributed by atoms with Crippen LogP contribution < -0.4 is 15.9 Å². The maximum absolute atomic E-state index is 15.7. The van der Waals surface area contributed by atoms with Crippen molar-refractivity contribution >= 4 is 33.8 Å². The number of nitrogens with zero attached hydrogens (tertiary/aromatic N) is 1. The van der Waals surface area contributed by atoms with E-state index >= 15 is 4.57 Å². The Labute approximate surface area is 212 Å². The van der Waals surface area contributed by atoms with Crippen molar-refractivity contribution in [1.82, 2.24) is 4.98 Å². The summed E-state index contributed by atoms with van der Waals surface area (Å²) in [7, 11) is -3.26. The summed E-state index contributed by atoms with van der Waals surface area (Å²) in [4.78, 5) is 4.96. The van der Waals surface area contributed by atoms with Crippen molar-refractivity contribution in [2.24, 2.45) is 0 Å². The molecule has 0 spiro atoms. The first-order valence-electron chi connectivity index (χ1n) is 12.3. The fourth-order valence-electron chi connectivity index (χ4n) is 5.72. The van der Waals surface area contributed by atoms with Crippen LogP contribution in [0.1, 0.15) is 27.8 Å². The van der Waals surface area contributed by atoms with Gasteiger partial charge in [-0.05, 0) is 60.0 Å². The molecule has 3 nitrogen and oxygen atoms in total. The molecule has 0 N–H and O–H groups in total. The van der Waals surface area contributed by atoms with Gasteiger partial charge in [-0.1, -0.05) is 78.9 Å². The second kappa shape index (κ2) is 8.85. The minimum absolute atomic E-state index is 0.543. The zero-order chi connectivity index (χ0) is 24.9. The summed E-state index contributed by atoms with van der Waals surface area (Å²) in [5, 5.41) is 4.78. The van der Waals surface area contributed by atoms with E-state index < -0.39 is 7.14 Å². The van der Waals surface area contributed by atoms with Gasteiger partial charge in [0.05, 0.1) is 18.9 Å². The van der Waals surface area contributed by atoms with Crippen LogP contribution in [0.15, 0.2) is 91.1 Å². The number of aryl methyl sites for hydroxylation is 1. The molecular formula is C32H28NO2P. The number of ether oxygens (including phenoxy) is 1. The highest BCUT2D eigenvalue weighted by Crippen LogP contribution is 2.49.